The molecule has 1 aromatic rings. The molecule has 0 heterocycles. The van der Waals surface area contributed by atoms with Crippen molar-refractivity contribution in [3.05, 3.63) is 23.8 Å². The Morgan fingerprint density at radius 3 is 2.88 bits per heavy atom. The molecule has 3 nitrogen and oxygen atoms in total. The maximum Gasteiger partial charge on any atom is 0.161 e. The van der Waals surface area contributed by atoms with E-state index in [0.717, 1.165) is 12.1 Å². The molecule has 0 bridgehead atoms. The van der Waals surface area contributed by atoms with Crippen LogP contribution in [0.15, 0.2) is 18.2 Å². The molecule has 0 unspecified atom stereocenters. The molecule has 1 aliphatic rings. The van der Waals surface area contributed by atoms with Gasteiger partial charge in [0.15, 0.2) is 11.5 Å². The second kappa shape index (κ2) is 5.21. The number of ether oxygens (including phenoxy) is 1. The normalized spacial score (nSPS) is 15.8. The minimum Gasteiger partial charge on any atom is -0.504 e. The molecule has 1 saturated carbocycles. The van der Waals surface area contributed by atoms with Crippen LogP contribution in [0.2, 0.25) is 0 Å². The fourth-order valence-electron chi connectivity index (χ4n) is 1.81. The van der Waals surface area contributed by atoms with Gasteiger partial charge < -0.3 is 15.2 Å². The van der Waals surface area contributed by atoms with Crippen LogP contribution in [0, 0.1) is 0 Å². The zero-order valence-corrected chi connectivity index (χ0v) is 9.70. The van der Waals surface area contributed by atoms with E-state index >= 15 is 0 Å². The molecular formula is C13H19NO2. The van der Waals surface area contributed by atoms with Crippen LogP contribution in [0.4, 0.5) is 0 Å². The maximum atomic E-state index is 9.56. The van der Waals surface area contributed by atoms with Gasteiger partial charge in [-0.25, -0.2) is 0 Å². The van der Waals surface area contributed by atoms with E-state index in [1.165, 1.54) is 19.3 Å². The average molecular weight is 221 g/mol. The van der Waals surface area contributed by atoms with Gasteiger partial charge >= 0.3 is 0 Å². The number of hydrogen-bond donors (Lipinski definition) is 2. The molecule has 2 rings (SSSR count). The van der Waals surface area contributed by atoms with Gasteiger partial charge in [0.1, 0.15) is 0 Å². The van der Waals surface area contributed by atoms with Crippen LogP contribution >= 0.6 is 0 Å². The van der Waals surface area contributed by atoms with Crippen molar-refractivity contribution in [1.29, 1.82) is 0 Å². The van der Waals surface area contributed by atoms with Gasteiger partial charge in [-0.15, -0.1) is 0 Å². The van der Waals surface area contributed by atoms with Gasteiger partial charge in [0.2, 0.25) is 0 Å². The highest BCUT2D eigenvalue weighted by molar-refractivity contribution is 5.41. The van der Waals surface area contributed by atoms with Crippen LogP contribution in [-0.2, 0) is 6.54 Å². The third kappa shape index (κ3) is 2.67. The summed E-state index contributed by atoms with van der Waals surface area (Å²) < 4.78 is 5.35. The lowest BCUT2D eigenvalue weighted by Crippen LogP contribution is -2.34. The monoisotopic (exact) mass is 221 g/mol. The Morgan fingerprint density at radius 2 is 2.25 bits per heavy atom. The zero-order valence-electron chi connectivity index (χ0n) is 9.70. The predicted molar refractivity (Wildman–Crippen MR) is 63.8 cm³/mol. The minimum atomic E-state index is 0.217. The van der Waals surface area contributed by atoms with E-state index < -0.39 is 0 Å². The summed E-state index contributed by atoms with van der Waals surface area (Å²) in [5.41, 5.74) is 1.16. The molecule has 0 aliphatic heterocycles. The second-order valence-corrected chi connectivity index (χ2v) is 4.24. The van der Waals surface area contributed by atoms with E-state index in [9.17, 15) is 5.11 Å². The minimum absolute atomic E-state index is 0.217. The van der Waals surface area contributed by atoms with Crippen molar-refractivity contribution in [3.8, 4) is 11.5 Å². The van der Waals surface area contributed by atoms with E-state index in [4.69, 9.17) is 4.74 Å². The highest BCUT2D eigenvalue weighted by Crippen LogP contribution is 2.27. The van der Waals surface area contributed by atoms with Crippen LogP contribution in [0.5, 0.6) is 11.5 Å². The summed E-state index contributed by atoms with van der Waals surface area (Å²) in [6, 6.07) is 6.22. The molecule has 0 aromatic heterocycles. The lowest BCUT2D eigenvalue weighted by molar-refractivity contribution is 0.316. The molecule has 16 heavy (non-hydrogen) atoms. The largest absolute Gasteiger partial charge is 0.504 e. The summed E-state index contributed by atoms with van der Waals surface area (Å²) in [5, 5.41) is 13.0. The smallest absolute Gasteiger partial charge is 0.161 e. The highest BCUT2D eigenvalue weighted by Gasteiger charge is 2.16. The van der Waals surface area contributed by atoms with Crippen molar-refractivity contribution in [2.45, 2.75) is 38.8 Å². The molecule has 1 fully saturated rings. The van der Waals surface area contributed by atoms with Crippen LogP contribution in [0.1, 0.15) is 31.7 Å². The zero-order chi connectivity index (χ0) is 11.4. The molecular weight excluding hydrogens is 202 g/mol. The van der Waals surface area contributed by atoms with E-state index in [1.54, 1.807) is 6.07 Å². The number of phenols is 1. The van der Waals surface area contributed by atoms with Crippen molar-refractivity contribution in [2.24, 2.45) is 0 Å². The third-order valence-electron chi connectivity index (χ3n) is 3.02. The molecule has 1 aliphatic carbocycles. The van der Waals surface area contributed by atoms with Gasteiger partial charge in [-0.2, -0.15) is 0 Å². The molecule has 3 heteroatoms. The molecule has 2 N–H and O–H groups in total. The van der Waals surface area contributed by atoms with Crippen LogP contribution in [-0.4, -0.2) is 17.8 Å². The molecule has 1 aromatic carbocycles. The van der Waals surface area contributed by atoms with E-state index in [0.29, 0.717) is 18.4 Å². The number of hydrogen-bond acceptors (Lipinski definition) is 3. The van der Waals surface area contributed by atoms with E-state index in [-0.39, 0.29) is 5.75 Å². The second-order valence-electron chi connectivity index (χ2n) is 4.24. The third-order valence-corrected chi connectivity index (χ3v) is 3.02. The number of phenolic OH excluding ortho intramolecular Hbond substituents is 1. The molecule has 0 amide bonds. The first-order valence-corrected chi connectivity index (χ1v) is 5.97. The molecule has 0 radical (unpaired) electrons. The first-order chi connectivity index (χ1) is 7.79. The fraction of sp³-hybridized carbons (Fsp3) is 0.538. The summed E-state index contributed by atoms with van der Waals surface area (Å²) in [4.78, 5) is 0. The van der Waals surface area contributed by atoms with Gasteiger partial charge in [0, 0.05) is 12.6 Å². The molecule has 0 saturated heterocycles. The number of rotatable bonds is 5. The fourth-order valence-corrected chi connectivity index (χ4v) is 1.81. The van der Waals surface area contributed by atoms with Crippen molar-refractivity contribution in [3.63, 3.8) is 0 Å². The Morgan fingerprint density at radius 1 is 1.44 bits per heavy atom. The number of nitrogens with one attached hydrogen (secondary N) is 1. The summed E-state index contributed by atoms with van der Waals surface area (Å²) in [6.07, 6.45) is 3.92. The summed E-state index contributed by atoms with van der Waals surface area (Å²) in [5.74, 6) is 0.796. The lowest BCUT2D eigenvalue weighted by Gasteiger charge is -2.26. The van der Waals surface area contributed by atoms with Gasteiger partial charge in [-0.1, -0.05) is 12.5 Å². The van der Waals surface area contributed by atoms with Crippen LogP contribution in [0.3, 0.4) is 0 Å². The van der Waals surface area contributed by atoms with E-state index in [1.807, 2.05) is 19.1 Å². The Balaban J connectivity index is 1.94. The lowest BCUT2D eigenvalue weighted by atomic mass is 9.93. The van der Waals surface area contributed by atoms with Gasteiger partial charge in [0.25, 0.3) is 0 Å². The average Bonchev–Trinajstić information content (AvgIpc) is 2.21. The van der Waals surface area contributed by atoms with Crippen LogP contribution in [0.25, 0.3) is 0 Å². The Labute approximate surface area is 96.4 Å². The van der Waals surface area contributed by atoms with Gasteiger partial charge in [-0.05, 0) is 37.5 Å². The van der Waals surface area contributed by atoms with Gasteiger partial charge in [0.05, 0.1) is 6.61 Å². The summed E-state index contributed by atoms with van der Waals surface area (Å²) >= 11 is 0. The van der Waals surface area contributed by atoms with Gasteiger partial charge in [-0.3, -0.25) is 0 Å². The maximum absolute atomic E-state index is 9.56. The summed E-state index contributed by atoms with van der Waals surface area (Å²) in [6.45, 7) is 3.34. The standard InChI is InChI=1S/C13H19NO2/c1-2-16-13-8-10(6-7-12(13)15)9-14-11-4-3-5-11/h6-8,11,14-15H,2-5,9H2,1H3. The number of benzene rings is 1. The van der Waals surface area contributed by atoms with Crippen molar-refractivity contribution >= 4 is 0 Å². The predicted octanol–water partition coefficient (Wildman–Crippen LogP) is 2.43. The Kier molecular flexibility index (Phi) is 3.67. The molecule has 0 spiro atoms. The highest BCUT2D eigenvalue weighted by atomic mass is 16.5. The van der Waals surface area contributed by atoms with Crippen molar-refractivity contribution in [2.75, 3.05) is 6.61 Å². The Hall–Kier alpha value is -1.22. The quantitative estimate of drug-likeness (QED) is 0.802. The SMILES string of the molecule is CCOc1cc(CNC2CCC2)ccc1O. The topological polar surface area (TPSA) is 41.5 Å². The summed E-state index contributed by atoms with van der Waals surface area (Å²) in [7, 11) is 0. The molecule has 0 atom stereocenters. The van der Waals surface area contributed by atoms with Crippen molar-refractivity contribution in [1.82, 2.24) is 5.32 Å². The number of aromatic hydroxyl groups is 1. The van der Waals surface area contributed by atoms with E-state index in [2.05, 4.69) is 5.32 Å². The molecule has 88 valence electrons. The van der Waals surface area contributed by atoms with Crippen molar-refractivity contribution < 1.29 is 9.84 Å². The Bertz CT molecular complexity index is 348. The first kappa shape index (κ1) is 11.3. The first-order valence-electron chi connectivity index (χ1n) is 5.97. The van der Waals surface area contributed by atoms with Crippen LogP contribution < -0.4 is 10.1 Å².